The van der Waals surface area contributed by atoms with Crippen molar-refractivity contribution < 1.29 is 0 Å². The molecule has 0 bridgehead atoms. The fourth-order valence-electron chi connectivity index (χ4n) is 3.00. The Balaban J connectivity index is 1.59. The highest BCUT2D eigenvalue weighted by atomic mass is 16.1. The molecule has 96 valence electrons. The summed E-state index contributed by atoms with van der Waals surface area (Å²) in [5.41, 5.74) is 6.31. The molecule has 3 fully saturated rings. The maximum absolute atomic E-state index is 12.3. The molecule has 1 aromatic rings. The van der Waals surface area contributed by atoms with Crippen molar-refractivity contribution in [1.29, 1.82) is 0 Å². The van der Waals surface area contributed by atoms with Crippen molar-refractivity contribution in [2.24, 2.45) is 11.7 Å². The first-order valence-corrected chi connectivity index (χ1v) is 6.78. The number of nitrogens with zero attached hydrogens (tertiary/aromatic N) is 3. The highest BCUT2D eigenvalue weighted by Gasteiger charge is 2.51. The number of aromatic nitrogens is 2. The van der Waals surface area contributed by atoms with E-state index in [2.05, 4.69) is 4.98 Å². The predicted molar refractivity (Wildman–Crippen MR) is 68.6 cm³/mol. The van der Waals surface area contributed by atoms with E-state index in [0.717, 1.165) is 25.9 Å². The van der Waals surface area contributed by atoms with E-state index < -0.39 is 0 Å². The molecule has 5 heteroatoms. The summed E-state index contributed by atoms with van der Waals surface area (Å²) in [6, 6.07) is 0.409. The van der Waals surface area contributed by atoms with Crippen molar-refractivity contribution in [2.75, 3.05) is 18.0 Å². The molecule has 4 rings (SSSR count). The molecule has 18 heavy (non-hydrogen) atoms. The Bertz CT molecular complexity index is 538. The Labute approximate surface area is 106 Å². The average molecular weight is 246 g/mol. The molecular weight excluding hydrogens is 228 g/mol. The minimum atomic E-state index is -0.0611. The van der Waals surface area contributed by atoms with Gasteiger partial charge in [-0.1, -0.05) is 0 Å². The molecule has 5 nitrogen and oxygen atoms in total. The van der Waals surface area contributed by atoms with Crippen LogP contribution in [0.3, 0.4) is 0 Å². The van der Waals surface area contributed by atoms with Crippen molar-refractivity contribution >= 4 is 5.82 Å². The van der Waals surface area contributed by atoms with E-state index in [-0.39, 0.29) is 11.1 Å². The molecule has 3 aliphatic rings. The van der Waals surface area contributed by atoms with Crippen LogP contribution in [-0.2, 0) is 0 Å². The predicted octanol–water partition coefficient (Wildman–Crippen LogP) is 0.506. The Morgan fingerprint density at radius 2 is 2.00 bits per heavy atom. The van der Waals surface area contributed by atoms with Gasteiger partial charge in [0.05, 0.1) is 5.54 Å². The van der Waals surface area contributed by atoms with Crippen LogP contribution < -0.4 is 16.2 Å². The lowest BCUT2D eigenvalue weighted by Gasteiger charge is -2.48. The smallest absolute Gasteiger partial charge is 0.293 e. The summed E-state index contributed by atoms with van der Waals surface area (Å²) in [7, 11) is 0. The third-order valence-electron chi connectivity index (χ3n) is 4.45. The van der Waals surface area contributed by atoms with Gasteiger partial charge in [0.25, 0.3) is 5.56 Å². The molecule has 2 N–H and O–H groups in total. The molecule has 2 saturated carbocycles. The lowest BCUT2D eigenvalue weighted by molar-refractivity contribution is 0.288. The lowest BCUT2D eigenvalue weighted by Crippen LogP contribution is -2.69. The van der Waals surface area contributed by atoms with Gasteiger partial charge < -0.3 is 15.2 Å². The van der Waals surface area contributed by atoms with E-state index in [4.69, 9.17) is 5.73 Å². The van der Waals surface area contributed by atoms with Gasteiger partial charge in [-0.05, 0) is 31.6 Å². The Morgan fingerprint density at radius 1 is 1.28 bits per heavy atom. The van der Waals surface area contributed by atoms with Crippen LogP contribution in [0.1, 0.15) is 31.7 Å². The Kier molecular flexibility index (Phi) is 1.96. The minimum Gasteiger partial charge on any atom is -0.348 e. The van der Waals surface area contributed by atoms with Crippen LogP contribution in [-0.4, -0.2) is 28.2 Å². The SMILES string of the molecule is NC1(C2CC2)CN(c2nccn(C3CC3)c2=O)C1. The average Bonchev–Trinajstić information content (AvgIpc) is 3.15. The van der Waals surface area contributed by atoms with Gasteiger partial charge in [0.1, 0.15) is 0 Å². The second-order valence-electron chi connectivity index (χ2n) is 6.06. The van der Waals surface area contributed by atoms with E-state index in [9.17, 15) is 4.79 Å². The molecule has 1 aromatic heterocycles. The van der Waals surface area contributed by atoms with Crippen LogP contribution in [0.4, 0.5) is 5.82 Å². The third kappa shape index (κ3) is 1.50. The molecule has 1 saturated heterocycles. The monoisotopic (exact) mass is 246 g/mol. The zero-order valence-corrected chi connectivity index (χ0v) is 10.4. The van der Waals surface area contributed by atoms with Crippen molar-refractivity contribution in [2.45, 2.75) is 37.3 Å². The Morgan fingerprint density at radius 3 is 2.61 bits per heavy atom. The molecule has 0 amide bonds. The Hall–Kier alpha value is -1.36. The summed E-state index contributed by atoms with van der Waals surface area (Å²) in [6.45, 7) is 1.57. The van der Waals surface area contributed by atoms with Gasteiger partial charge in [0, 0.05) is 31.5 Å². The highest BCUT2D eigenvalue weighted by Crippen LogP contribution is 2.43. The maximum atomic E-state index is 12.3. The summed E-state index contributed by atoms with van der Waals surface area (Å²) < 4.78 is 1.83. The zero-order chi connectivity index (χ0) is 12.3. The summed E-state index contributed by atoms with van der Waals surface area (Å²) in [6.07, 6.45) is 8.28. The number of rotatable bonds is 3. The first kappa shape index (κ1) is 10.6. The summed E-state index contributed by atoms with van der Waals surface area (Å²) in [5.74, 6) is 1.26. The summed E-state index contributed by atoms with van der Waals surface area (Å²) in [4.78, 5) is 18.6. The quantitative estimate of drug-likeness (QED) is 0.844. The van der Waals surface area contributed by atoms with E-state index in [0.29, 0.717) is 17.8 Å². The first-order valence-electron chi connectivity index (χ1n) is 6.78. The van der Waals surface area contributed by atoms with E-state index in [1.807, 2.05) is 9.47 Å². The molecule has 0 aromatic carbocycles. The summed E-state index contributed by atoms with van der Waals surface area (Å²) in [5, 5.41) is 0. The maximum Gasteiger partial charge on any atom is 0.293 e. The lowest BCUT2D eigenvalue weighted by atomic mass is 9.86. The fraction of sp³-hybridized carbons (Fsp3) is 0.692. The van der Waals surface area contributed by atoms with Crippen molar-refractivity contribution in [3.8, 4) is 0 Å². The van der Waals surface area contributed by atoms with E-state index >= 15 is 0 Å². The zero-order valence-electron chi connectivity index (χ0n) is 10.4. The first-order chi connectivity index (χ1) is 8.67. The van der Waals surface area contributed by atoms with Crippen LogP contribution in [0.15, 0.2) is 17.2 Å². The van der Waals surface area contributed by atoms with Crippen LogP contribution in [0, 0.1) is 5.92 Å². The topological polar surface area (TPSA) is 64.2 Å². The normalized spacial score (nSPS) is 25.9. The van der Waals surface area contributed by atoms with Crippen molar-refractivity contribution in [3.63, 3.8) is 0 Å². The van der Waals surface area contributed by atoms with E-state index in [1.54, 1.807) is 12.4 Å². The number of hydrogen-bond donors (Lipinski definition) is 1. The standard InChI is InChI=1S/C13H18N4O/c14-13(9-1-2-9)7-16(8-13)11-12(18)17(6-5-15-11)10-3-4-10/h5-6,9-10H,1-4,7-8,14H2. The number of anilines is 1. The second-order valence-corrected chi connectivity index (χ2v) is 6.06. The van der Waals surface area contributed by atoms with Gasteiger partial charge in [-0.15, -0.1) is 0 Å². The minimum absolute atomic E-state index is 0.0536. The largest absolute Gasteiger partial charge is 0.348 e. The van der Waals surface area contributed by atoms with Gasteiger partial charge in [-0.25, -0.2) is 4.98 Å². The number of nitrogens with two attached hydrogens (primary N) is 1. The van der Waals surface area contributed by atoms with Crippen molar-refractivity contribution in [1.82, 2.24) is 9.55 Å². The van der Waals surface area contributed by atoms with Gasteiger partial charge in [-0.3, -0.25) is 4.79 Å². The molecular formula is C13H18N4O. The molecule has 2 aliphatic carbocycles. The van der Waals surface area contributed by atoms with Gasteiger partial charge in [0.15, 0.2) is 5.82 Å². The molecule has 2 heterocycles. The highest BCUT2D eigenvalue weighted by molar-refractivity contribution is 5.43. The van der Waals surface area contributed by atoms with Gasteiger partial charge in [0.2, 0.25) is 0 Å². The molecule has 0 spiro atoms. The van der Waals surface area contributed by atoms with Crippen LogP contribution in [0.2, 0.25) is 0 Å². The summed E-state index contributed by atoms with van der Waals surface area (Å²) >= 11 is 0. The second kappa shape index (κ2) is 3.35. The molecule has 0 unspecified atom stereocenters. The fourth-order valence-corrected chi connectivity index (χ4v) is 3.00. The number of hydrogen-bond acceptors (Lipinski definition) is 4. The molecule has 0 radical (unpaired) electrons. The van der Waals surface area contributed by atoms with Gasteiger partial charge >= 0.3 is 0 Å². The van der Waals surface area contributed by atoms with Gasteiger partial charge in [-0.2, -0.15) is 0 Å². The molecule has 1 aliphatic heterocycles. The van der Waals surface area contributed by atoms with E-state index in [1.165, 1.54) is 12.8 Å². The van der Waals surface area contributed by atoms with Crippen LogP contribution >= 0.6 is 0 Å². The van der Waals surface area contributed by atoms with Crippen LogP contribution in [0.5, 0.6) is 0 Å². The molecule has 0 atom stereocenters. The third-order valence-corrected chi connectivity index (χ3v) is 4.45. The van der Waals surface area contributed by atoms with Crippen LogP contribution in [0.25, 0.3) is 0 Å². The van der Waals surface area contributed by atoms with Crippen molar-refractivity contribution in [3.05, 3.63) is 22.7 Å².